The van der Waals surface area contributed by atoms with Gasteiger partial charge >= 0.3 is 0 Å². The maximum Gasteiger partial charge on any atom is 0.0471 e. The summed E-state index contributed by atoms with van der Waals surface area (Å²) in [5, 5.41) is 0.641. The number of anilines is 1. The maximum atomic E-state index is 5.77. The number of nitrogen functional groups attached to an aromatic ring is 1. The normalized spacial score (nSPS) is 8.91. The smallest absolute Gasteiger partial charge is 0.0471 e. The molecule has 0 heterocycles. The van der Waals surface area contributed by atoms with Crippen molar-refractivity contribution in [3.63, 3.8) is 0 Å². The first kappa shape index (κ1) is 10.6. The van der Waals surface area contributed by atoms with Crippen molar-refractivity contribution in [3.8, 4) is 0 Å². The van der Waals surface area contributed by atoms with E-state index in [1.165, 1.54) is 0 Å². The second-order valence-electron chi connectivity index (χ2n) is 2.05. The molecule has 0 bridgehead atoms. The molecule has 11 heavy (non-hydrogen) atoms. The fraction of sp³-hybridized carbons (Fsp3) is 0.143. The van der Waals surface area contributed by atoms with Gasteiger partial charge in [0.2, 0.25) is 0 Å². The number of nitrogens with two attached hydrogens (primary N) is 2. The van der Waals surface area contributed by atoms with Gasteiger partial charge in [-0.05, 0) is 17.7 Å². The van der Waals surface area contributed by atoms with Gasteiger partial charge in [-0.3, -0.25) is 0 Å². The Bertz CT molecular complexity index is 238. The van der Waals surface area contributed by atoms with E-state index in [9.17, 15) is 0 Å². The van der Waals surface area contributed by atoms with Crippen molar-refractivity contribution in [2.24, 2.45) is 5.73 Å². The summed E-state index contributed by atoms with van der Waals surface area (Å²) in [7, 11) is 0. The van der Waals surface area contributed by atoms with Gasteiger partial charge in [0.25, 0.3) is 0 Å². The molecule has 0 fully saturated rings. The van der Waals surface area contributed by atoms with Crippen LogP contribution in [0.4, 0.5) is 5.69 Å². The third-order valence-electron chi connectivity index (χ3n) is 1.30. The molecule has 1 aromatic rings. The predicted molar refractivity (Wildman–Crippen MR) is 51.0 cm³/mol. The number of rotatable bonds is 1. The van der Waals surface area contributed by atoms with Crippen molar-refractivity contribution in [1.29, 1.82) is 0 Å². The van der Waals surface area contributed by atoms with E-state index in [1.807, 2.05) is 6.07 Å². The summed E-state index contributed by atoms with van der Waals surface area (Å²) < 4.78 is 0. The standard InChI is InChI=1S/C7H9ClN2.ClH/c8-7-3-6(10)2-1-5(7)4-9;/h1-3H,4,9-10H2;1H. The lowest BCUT2D eigenvalue weighted by atomic mass is 10.2. The van der Waals surface area contributed by atoms with E-state index in [1.54, 1.807) is 12.1 Å². The molecule has 0 unspecified atom stereocenters. The first-order valence-corrected chi connectivity index (χ1v) is 3.36. The summed E-state index contributed by atoms with van der Waals surface area (Å²) in [4.78, 5) is 0. The van der Waals surface area contributed by atoms with Gasteiger partial charge in [0.1, 0.15) is 0 Å². The van der Waals surface area contributed by atoms with Gasteiger partial charge in [-0.25, -0.2) is 0 Å². The lowest BCUT2D eigenvalue weighted by Crippen LogP contribution is -1.97. The zero-order valence-electron chi connectivity index (χ0n) is 5.88. The van der Waals surface area contributed by atoms with Crippen molar-refractivity contribution in [2.75, 3.05) is 5.73 Å². The third-order valence-corrected chi connectivity index (χ3v) is 1.65. The molecule has 62 valence electrons. The Morgan fingerprint density at radius 1 is 1.36 bits per heavy atom. The molecule has 0 radical (unpaired) electrons. The minimum Gasteiger partial charge on any atom is -0.399 e. The SMILES string of the molecule is Cl.NCc1ccc(N)cc1Cl. The molecule has 0 aliphatic rings. The Balaban J connectivity index is 0.000001000. The number of halogens is 2. The Labute approximate surface area is 76.9 Å². The average Bonchev–Trinajstić information content (AvgIpc) is 1.88. The second-order valence-corrected chi connectivity index (χ2v) is 2.46. The highest BCUT2D eigenvalue weighted by molar-refractivity contribution is 6.31. The van der Waals surface area contributed by atoms with E-state index in [0.717, 1.165) is 5.56 Å². The quantitative estimate of drug-likeness (QED) is 0.668. The minimum atomic E-state index is 0. The third kappa shape index (κ3) is 2.58. The minimum absolute atomic E-state index is 0. The molecule has 0 amide bonds. The van der Waals surface area contributed by atoms with Gasteiger partial charge < -0.3 is 11.5 Å². The Morgan fingerprint density at radius 3 is 2.45 bits per heavy atom. The monoisotopic (exact) mass is 192 g/mol. The summed E-state index contributed by atoms with van der Waals surface area (Å²) in [6.45, 7) is 0.457. The van der Waals surface area contributed by atoms with Crippen molar-refractivity contribution in [1.82, 2.24) is 0 Å². The second kappa shape index (κ2) is 4.44. The van der Waals surface area contributed by atoms with Crippen LogP contribution in [-0.4, -0.2) is 0 Å². The van der Waals surface area contributed by atoms with Gasteiger partial charge in [0.15, 0.2) is 0 Å². The summed E-state index contributed by atoms with van der Waals surface area (Å²) in [5.74, 6) is 0. The van der Waals surface area contributed by atoms with E-state index in [4.69, 9.17) is 23.1 Å². The van der Waals surface area contributed by atoms with Crippen molar-refractivity contribution < 1.29 is 0 Å². The Kier molecular flexibility index (Phi) is 4.26. The van der Waals surface area contributed by atoms with E-state index >= 15 is 0 Å². The molecule has 0 saturated heterocycles. The number of benzene rings is 1. The summed E-state index contributed by atoms with van der Waals surface area (Å²) in [6.07, 6.45) is 0. The van der Waals surface area contributed by atoms with Gasteiger partial charge in [-0.1, -0.05) is 17.7 Å². The number of hydrogen-bond acceptors (Lipinski definition) is 2. The van der Waals surface area contributed by atoms with Crippen LogP contribution in [-0.2, 0) is 6.54 Å². The highest BCUT2D eigenvalue weighted by atomic mass is 35.5. The van der Waals surface area contributed by atoms with Crippen molar-refractivity contribution in [2.45, 2.75) is 6.54 Å². The van der Waals surface area contributed by atoms with Crippen LogP contribution in [0.15, 0.2) is 18.2 Å². The predicted octanol–water partition coefficient (Wildman–Crippen LogP) is 1.80. The fourth-order valence-electron chi connectivity index (χ4n) is 0.729. The zero-order valence-corrected chi connectivity index (χ0v) is 7.45. The molecule has 0 atom stereocenters. The first-order chi connectivity index (χ1) is 4.74. The molecular weight excluding hydrogens is 183 g/mol. The first-order valence-electron chi connectivity index (χ1n) is 2.98. The molecule has 1 rings (SSSR count). The van der Waals surface area contributed by atoms with Crippen LogP contribution in [0, 0.1) is 0 Å². The van der Waals surface area contributed by atoms with E-state index < -0.39 is 0 Å². The molecule has 4 heteroatoms. The summed E-state index contributed by atoms with van der Waals surface area (Å²) in [6, 6.07) is 5.31. The molecule has 2 nitrogen and oxygen atoms in total. The topological polar surface area (TPSA) is 52.0 Å². The van der Waals surface area contributed by atoms with Crippen LogP contribution in [0.5, 0.6) is 0 Å². The highest BCUT2D eigenvalue weighted by Crippen LogP contribution is 2.17. The molecule has 0 saturated carbocycles. The van der Waals surface area contributed by atoms with Gasteiger partial charge in [0, 0.05) is 17.3 Å². The molecule has 0 aliphatic carbocycles. The van der Waals surface area contributed by atoms with Crippen LogP contribution < -0.4 is 11.5 Å². The lowest BCUT2D eigenvalue weighted by Gasteiger charge is -2.00. The van der Waals surface area contributed by atoms with Crippen LogP contribution in [0.3, 0.4) is 0 Å². The van der Waals surface area contributed by atoms with Crippen LogP contribution in [0.25, 0.3) is 0 Å². The van der Waals surface area contributed by atoms with E-state index in [2.05, 4.69) is 0 Å². The van der Waals surface area contributed by atoms with Crippen LogP contribution >= 0.6 is 24.0 Å². The van der Waals surface area contributed by atoms with Gasteiger partial charge in [0.05, 0.1) is 0 Å². The lowest BCUT2D eigenvalue weighted by molar-refractivity contribution is 1.07. The fourth-order valence-corrected chi connectivity index (χ4v) is 0.995. The molecule has 1 aromatic carbocycles. The number of hydrogen-bond donors (Lipinski definition) is 2. The molecule has 0 aromatic heterocycles. The molecule has 0 spiro atoms. The van der Waals surface area contributed by atoms with E-state index in [-0.39, 0.29) is 12.4 Å². The average molecular weight is 193 g/mol. The molecule has 4 N–H and O–H groups in total. The van der Waals surface area contributed by atoms with Crippen LogP contribution in [0.1, 0.15) is 5.56 Å². The summed E-state index contributed by atoms with van der Waals surface area (Å²) in [5.41, 5.74) is 12.4. The Hall–Kier alpha value is -0.440. The van der Waals surface area contributed by atoms with Crippen molar-refractivity contribution >= 4 is 29.7 Å². The van der Waals surface area contributed by atoms with Gasteiger partial charge in [-0.2, -0.15) is 0 Å². The van der Waals surface area contributed by atoms with Crippen LogP contribution in [0.2, 0.25) is 5.02 Å². The molecular formula is C7H10Cl2N2. The molecule has 0 aliphatic heterocycles. The largest absolute Gasteiger partial charge is 0.399 e. The van der Waals surface area contributed by atoms with Gasteiger partial charge in [-0.15, -0.1) is 12.4 Å². The maximum absolute atomic E-state index is 5.77. The highest BCUT2D eigenvalue weighted by Gasteiger charge is 1.96. The Morgan fingerprint density at radius 2 is 2.00 bits per heavy atom. The van der Waals surface area contributed by atoms with Crippen molar-refractivity contribution in [3.05, 3.63) is 28.8 Å². The zero-order chi connectivity index (χ0) is 7.56. The van der Waals surface area contributed by atoms with E-state index in [0.29, 0.717) is 17.3 Å². The summed E-state index contributed by atoms with van der Waals surface area (Å²) >= 11 is 5.77.